The zero-order valence-corrected chi connectivity index (χ0v) is 29.8. The minimum atomic E-state index is -4.92. The summed E-state index contributed by atoms with van der Waals surface area (Å²) in [6.45, 7) is 2.66. The average Bonchev–Trinajstić information content (AvgIpc) is 3.59. The van der Waals surface area contributed by atoms with Crippen molar-refractivity contribution in [2.75, 3.05) is 35.6 Å². The highest BCUT2D eigenvalue weighted by Gasteiger charge is 2.55. The molecule has 0 spiro atoms. The number of nitrogens with one attached hydrogen (secondary N) is 3. The number of aromatic nitrogens is 4. The molecule has 2 aliphatic heterocycles. The van der Waals surface area contributed by atoms with E-state index in [1.807, 2.05) is 0 Å². The zero-order valence-electron chi connectivity index (χ0n) is 27.4. The summed E-state index contributed by atoms with van der Waals surface area (Å²) in [6, 6.07) is -2.21. The molecule has 25 nitrogen and oxygen atoms in total. The first-order valence-corrected chi connectivity index (χ1v) is 17.6. The van der Waals surface area contributed by atoms with E-state index in [0.29, 0.717) is 5.57 Å². The fraction of sp³-hybridized carbons (Fsp3) is 0.458. The summed E-state index contributed by atoms with van der Waals surface area (Å²) in [7, 11) is -3.31. The van der Waals surface area contributed by atoms with Crippen molar-refractivity contribution in [3.05, 3.63) is 23.3 Å². The Morgan fingerprint density at radius 1 is 1.23 bits per heavy atom. The van der Waals surface area contributed by atoms with Crippen molar-refractivity contribution < 1.29 is 61.2 Å². The van der Waals surface area contributed by atoms with Crippen LogP contribution in [0.25, 0.3) is 0 Å². The van der Waals surface area contributed by atoms with Crippen LogP contribution < -0.4 is 43.6 Å². The summed E-state index contributed by atoms with van der Waals surface area (Å²) in [6.07, 6.45) is 1.51. The highest BCUT2D eigenvalue weighted by atomic mass is 32.3. The lowest BCUT2D eigenvalue weighted by molar-refractivity contribution is -0.765. The molecule has 2 aromatic heterocycles. The Hall–Kier alpha value is -5.13. The smallest absolute Gasteiger partial charge is 0.352 e. The van der Waals surface area contributed by atoms with Gasteiger partial charge < -0.3 is 53.2 Å². The summed E-state index contributed by atoms with van der Waals surface area (Å²) in [5.74, 6) is -4.36. The first-order valence-electron chi connectivity index (χ1n) is 14.4. The second-order valence-electron chi connectivity index (χ2n) is 11.2. The molecule has 0 unspecified atom stereocenters. The molecule has 2 aromatic rings. The Bertz CT molecular complexity index is 1900. The number of hydrogen-bond acceptors (Lipinski definition) is 18. The molecule has 0 bridgehead atoms. The maximum atomic E-state index is 13.3. The van der Waals surface area contributed by atoms with E-state index in [2.05, 4.69) is 30.5 Å². The molecule has 52 heavy (non-hydrogen) atoms. The number of aliphatic carboxylic acids is 2. The minimum Gasteiger partial charge on any atom is -0.726 e. The van der Waals surface area contributed by atoms with Crippen molar-refractivity contribution in [2.45, 2.75) is 43.5 Å². The van der Waals surface area contributed by atoms with Crippen molar-refractivity contribution in [3.63, 3.8) is 0 Å². The zero-order chi connectivity index (χ0) is 39.3. The van der Waals surface area contributed by atoms with Crippen LogP contribution in [0.1, 0.15) is 19.7 Å². The van der Waals surface area contributed by atoms with E-state index in [1.165, 1.54) is 36.5 Å². The molecule has 0 aliphatic carbocycles. The first-order chi connectivity index (χ1) is 24.1. The van der Waals surface area contributed by atoms with Crippen LogP contribution in [0.2, 0.25) is 0 Å². The van der Waals surface area contributed by atoms with Crippen molar-refractivity contribution in [1.29, 1.82) is 0 Å². The summed E-state index contributed by atoms with van der Waals surface area (Å²) >= 11 is 1.95. The van der Waals surface area contributed by atoms with Gasteiger partial charge in [0.15, 0.2) is 23.2 Å². The van der Waals surface area contributed by atoms with Crippen LogP contribution in [0.15, 0.2) is 22.6 Å². The van der Waals surface area contributed by atoms with Crippen LogP contribution in [0.4, 0.5) is 21.4 Å². The van der Waals surface area contributed by atoms with Crippen LogP contribution in [0.5, 0.6) is 0 Å². The molecule has 2 aliphatic rings. The number of nitrogen functional groups attached to an aromatic ring is 2. The van der Waals surface area contributed by atoms with Crippen LogP contribution in [0, 0.1) is 0 Å². The van der Waals surface area contributed by atoms with E-state index in [-0.39, 0.29) is 53.5 Å². The number of nitrogens with zero attached hydrogens (tertiary/aromatic N) is 6. The largest absolute Gasteiger partial charge is 0.726 e. The van der Waals surface area contributed by atoms with Crippen LogP contribution >= 0.6 is 23.3 Å². The highest BCUT2D eigenvalue weighted by molar-refractivity contribution is 8.00. The lowest BCUT2D eigenvalue weighted by Gasteiger charge is -2.49. The molecule has 1 saturated heterocycles. The van der Waals surface area contributed by atoms with Gasteiger partial charge in [-0.1, -0.05) is 5.16 Å². The van der Waals surface area contributed by atoms with Crippen molar-refractivity contribution in [2.24, 2.45) is 23.7 Å². The Kier molecular flexibility index (Phi) is 13.1. The molecular formula is C24H35N13O12S3. The number of hydrogen-bond donors (Lipinski definition) is 10. The number of nitrogens with two attached hydrogens (primary N) is 4. The Morgan fingerprint density at radius 3 is 2.37 bits per heavy atom. The SMILES string of the molecule is Cn1c(N)c(NC(=O)NC(CN)CN)c[n+]1CC1=C(C(=O)O)N2C(=O)[C@@H](NC(=O)/C(=N\OC(C)(C)C(=O)O)c3nsc(N)n3)[C@H]2SC1.O=S(=O)([O-])O. The van der Waals surface area contributed by atoms with E-state index in [4.69, 9.17) is 45.3 Å². The third-order valence-electron chi connectivity index (χ3n) is 7.08. The summed E-state index contributed by atoms with van der Waals surface area (Å²) in [5.41, 5.74) is 20.9. The fourth-order valence-electron chi connectivity index (χ4n) is 4.34. The van der Waals surface area contributed by atoms with Crippen molar-refractivity contribution >= 4 is 85.8 Å². The molecule has 286 valence electrons. The number of carboxylic acids is 2. The molecule has 0 radical (unpaired) electrons. The number of carbonyl (C=O) groups excluding carboxylic acids is 3. The summed E-state index contributed by atoms with van der Waals surface area (Å²) < 4.78 is 39.8. The third-order valence-corrected chi connectivity index (χ3v) is 8.96. The number of oxime groups is 1. The molecule has 0 saturated carbocycles. The maximum absolute atomic E-state index is 13.3. The number of anilines is 3. The molecule has 4 rings (SSSR count). The lowest BCUT2D eigenvalue weighted by atomic mass is 10.0. The van der Waals surface area contributed by atoms with Crippen LogP contribution in [0.3, 0.4) is 0 Å². The monoisotopic (exact) mass is 793 g/mol. The van der Waals surface area contributed by atoms with Gasteiger partial charge in [0.05, 0.1) is 13.1 Å². The van der Waals surface area contributed by atoms with Crippen molar-refractivity contribution in [3.8, 4) is 0 Å². The number of β-lactam (4-membered cyclic amide) rings is 1. The second-order valence-corrected chi connectivity index (χ2v) is 13.9. The first kappa shape index (κ1) is 41.3. The predicted molar refractivity (Wildman–Crippen MR) is 180 cm³/mol. The van der Waals surface area contributed by atoms with Crippen molar-refractivity contribution in [1.82, 2.24) is 29.6 Å². The quantitative estimate of drug-likeness (QED) is 0.0229. The van der Waals surface area contributed by atoms with Gasteiger partial charge in [0.1, 0.15) is 17.1 Å². The van der Waals surface area contributed by atoms with Crippen LogP contribution in [-0.4, -0.2) is 124 Å². The standard InChI is InChI=1S/C24H33N13O8S2.H2O4S/c1-24(2,21(42)43)45-33-12(16-32-22(28)47-34-16)17(38)31-13-18(39)37-14(20(40)41)9(8-46-19(13)37)6-36-7-11(15(27)35(36)3)30-23(44)29-10(4-25)5-26;1-5(2,3)4/h7,10,13,19,27H,4-6,8,25-26H2,1-3H3,(H7,28,29,30,31,32,34,38,40,41,42,43,44);(H2,1,2,3,4)/b33-12-;/t13-,19-;/m1./s1. The molecular weight excluding hydrogens is 759 g/mol. The number of fused-ring (bicyclic) bond motifs is 1. The number of thioether (sulfide) groups is 1. The average molecular weight is 794 g/mol. The number of rotatable bonds is 13. The van der Waals surface area contributed by atoms with E-state index < -0.39 is 69.0 Å². The van der Waals surface area contributed by atoms with Gasteiger partial charge in [-0.2, -0.15) is 9.36 Å². The van der Waals surface area contributed by atoms with Gasteiger partial charge in [-0.15, -0.1) is 21.1 Å². The van der Waals surface area contributed by atoms with Gasteiger partial charge in [-0.05, 0) is 13.8 Å². The Morgan fingerprint density at radius 2 is 1.85 bits per heavy atom. The fourth-order valence-corrected chi connectivity index (χ4v) is 6.11. The molecule has 4 amide bonds. The van der Waals surface area contributed by atoms with E-state index in [9.17, 15) is 34.2 Å². The summed E-state index contributed by atoms with van der Waals surface area (Å²) in [4.78, 5) is 72.9. The number of carboxylic acid groups (broad SMARTS) is 2. The van der Waals surface area contributed by atoms with E-state index in [0.717, 1.165) is 16.4 Å². The van der Waals surface area contributed by atoms with E-state index in [1.54, 1.807) is 11.7 Å². The van der Waals surface area contributed by atoms with Gasteiger partial charge in [-0.25, -0.2) is 22.8 Å². The number of urea groups is 1. The topological polar surface area (TPSA) is 403 Å². The van der Waals surface area contributed by atoms with Gasteiger partial charge in [-0.3, -0.25) is 24.4 Å². The van der Waals surface area contributed by atoms with Crippen LogP contribution in [-0.2, 0) is 48.0 Å². The third kappa shape index (κ3) is 10.0. The maximum Gasteiger partial charge on any atom is 0.352 e. The molecule has 28 heteroatoms. The van der Waals surface area contributed by atoms with Gasteiger partial charge in [0.25, 0.3) is 11.8 Å². The Labute approximate surface area is 302 Å². The molecule has 4 heterocycles. The predicted octanol–water partition coefficient (Wildman–Crippen LogP) is -4.24. The highest BCUT2D eigenvalue weighted by Crippen LogP contribution is 2.40. The lowest BCUT2D eigenvalue weighted by Crippen LogP contribution is -2.71. The molecule has 0 aromatic carbocycles. The minimum absolute atomic E-state index is 0.00802. The summed E-state index contributed by atoms with van der Waals surface area (Å²) in [5, 5.41) is 30.0. The number of amides is 4. The van der Waals surface area contributed by atoms with Gasteiger partial charge in [0, 0.05) is 35.9 Å². The molecule has 14 N–H and O–H groups in total. The van der Waals surface area contributed by atoms with Gasteiger partial charge in [0.2, 0.25) is 33.7 Å². The molecule has 1 fully saturated rings. The number of carbonyl (C=O) groups is 5. The Balaban J connectivity index is 0.00000136. The van der Waals surface area contributed by atoms with E-state index >= 15 is 0 Å². The molecule has 2 atom stereocenters. The normalized spacial score (nSPS) is 17.4. The second kappa shape index (κ2) is 16.5. The van der Waals surface area contributed by atoms with Gasteiger partial charge >= 0.3 is 18.0 Å².